The molecule has 31 heavy (non-hydrogen) atoms. The molecule has 0 radical (unpaired) electrons. The molecule has 0 atom stereocenters. The second-order valence-electron chi connectivity index (χ2n) is 8.12. The zero-order chi connectivity index (χ0) is 21.4. The largest absolute Gasteiger partial charge is 0.465 e. The lowest BCUT2D eigenvalue weighted by Crippen LogP contribution is -2.30. The van der Waals surface area contributed by atoms with Crippen molar-refractivity contribution >= 4 is 17.6 Å². The first kappa shape index (κ1) is 19.5. The van der Waals surface area contributed by atoms with Crippen molar-refractivity contribution < 1.29 is 14.3 Å². The summed E-state index contributed by atoms with van der Waals surface area (Å²) in [4.78, 5) is 27.3. The van der Waals surface area contributed by atoms with E-state index >= 15 is 0 Å². The topological polar surface area (TPSA) is 64.4 Å². The Morgan fingerprint density at radius 3 is 2.58 bits per heavy atom. The smallest absolute Gasteiger partial charge is 0.337 e. The molecule has 1 aromatic heterocycles. The molecule has 0 spiro atoms. The second-order valence-corrected chi connectivity index (χ2v) is 8.12. The summed E-state index contributed by atoms with van der Waals surface area (Å²) in [6.07, 6.45) is 5.89. The van der Waals surface area contributed by atoms with Crippen molar-refractivity contribution in [1.82, 2.24) is 9.78 Å². The number of aromatic nitrogens is 2. The number of rotatable bonds is 3. The van der Waals surface area contributed by atoms with Crippen LogP contribution in [-0.4, -0.2) is 35.3 Å². The molecule has 0 saturated heterocycles. The number of anilines is 1. The molecule has 1 aliphatic carbocycles. The highest BCUT2D eigenvalue weighted by atomic mass is 16.5. The van der Waals surface area contributed by atoms with Gasteiger partial charge in [-0.05, 0) is 68.0 Å². The van der Waals surface area contributed by atoms with Gasteiger partial charge in [0.15, 0.2) is 5.69 Å². The molecule has 0 N–H and O–H groups in total. The molecular weight excluding hydrogens is 390 g/mol. The van der Waals surface area contributed by atoms with E-state index in [0.29, 0.717) is 24.2 Å². The molecule has 2 aliphatic rings. The van der Waals surface area contributed by atoms with Gasteiger partial charge >= 0.3 is 5.97 Å². The minimum absolute atomic E-state index is 0.0580. The van der Waals surface area contributed by atoms with Gasteiger partial charge in [-0.2, -0.15) is 5.10 Å². The quantitative estimate of drug-likeness (QED) is 0.477. The van der Waals surface area contributed by atoms with Crippen LogP contribution in [0.4, 0.5) is 5.69 Å². The van der Waals surface area contributed by atoms with Gasteiger partial charge < -0.3 is 9.64 Å². The van der Waals surface area contributed by atoms with Gasteiger partial charge in [-0.3, -0.25) is 4.79 Å². The predicted molar refractivity (Wildman–Crippen MR) is 118 cm³/mol. The minimum Gasteiger partial charge on any atom is -0.465 e. The average Bonchev–Trinajstić information content (AvgIpc) is 3.31. The van der Waals surface area contributed by atoms with Crippen molar-refractivity contribution in [1.29, 1.82) is 0 Å². The zero-order valence-corrected chi connectivity index (χ0v) is 17.6. The van der Waals surface area contributed by atoms with Crippen LogP contribution in [0.3, 0.4) is 0 Å². The van der Waals surface area contributed by atoms with Gasteiger partial charge in [0, 0.05) is 23.5 Å². The Balaban J connectivity index is 1.54. The number of benzene rings is 2. The molecule has 2 aromatic carbocycles. The van der Waals surface area contributed by atoms with E-state index in [9.17, 15) is 9.59 Å². The van der Waals surface area contributed by atoms with Crippen LogP contribution in [0.25, 0.3) is 5.69 Å². The average molecular weight is 415 g/mol. The van der Waals surface area contributed by atoms with E-state index in [1.807, 2.05) is 47.1 Å². The molecule has 0 fully saturated rings. The van der Waals surface area contributed by atoms with Crippen LogP contribution in [0.1, 0.15) is 56.9 Å². The lowest BCUT2D eigenvalue weighted by molar-refractivity contribution is 0.0600. The standard InChI is InChI=1S/C25H25N3O3/c1-31-25(30)18-12-13-21-17(16-18)14-15-27(21)24(29)23-20-10-6-3-7-11-22(20)28(26-23)19-8-4-2-5-9-19/h2,4-5,8-9,12-13,16H,3,6-7,10-11,14-15H2,1H3. The number of esters is 1. The zero-order valence-electron chi connectivity index (χ0n) is 17.6. The van der Waals surface area contributed by atoms with E-state index in [2.05, 4.69) is 0 Å². The first-order valence-electron chi connectivity index (χ1n) is 10.9. The van der Waals surface area contributed by atoms with Gasteiger partial charge in [0.05, 0.1) is 18.4 Å². The lowest BCUT2D eigenvalue weighted by Gasteiger charge is -2.17. The van der Waals surface area contributed by atoms with Crippen molar-refractivity contribution in [3.05, 3.63) is 76.6 Å². The van der Waals surface area contributed by atoms with Crippen LogP contribution in [0.5, 0.6) is 0 Å². The van der Waals surface area contributed by atoms with E-state index < -0.39 is 0 Å². The van der Waals surface area contributed by atoms with Crippen molar-refractivity contribution in [3.63, 3.8) is 0 Å². The summed E-state index contributed by atoms with van der Waals surface area (Å²) < 4.78 is 6.79. The van der Waals surface area contributed by atoms with Crippen molar-refractivity contribution in [3.8, 4) is 5.69 Å². The van der Waals surface area contributed by atoms with Gasteiger partial charge in [-0.15, -0.1) is 0 Å². The third kappa shape index (κ3) is 3.42. The van der Waals surface area contributed by atoms with Crippen LogP contribution < -0.4 is 4.90 Å². The fourth-order valence-corrected chi connectivity index (χ4v) is 4.72. The Hall–Kier alpha value is -3.41. The summed E-state index contributed by atoms with van der Waals surface area (Å²) in [5.41, 5.74) is 6.16. The minimum atomic E-state index is -0.362. The first-order chi connectivity index (χ1) is 15.2. The fraction of sp³-hybridized carbons (Fsp3) is 0.320. The number of carbonyl (C=O) groups excluding carboxylic acids is 2. The van der Waals surface area contributed by atoms with Gasteiger partial charge in [-0.25, -0.2) is 9.48 Å². The van der Waals surface area contributed by atoms with E-state index in [4.69, 9.17) is 9.84 Å². The number of nitrogens with zero attached hydrogens (tertiary/aromatic N) is 3. The summed E-state index contributed by atoms with van der Waals surface area (Å²) in [7, 11) is 1.38. The molecule has 1 amide bonds. The molecule has 0 bridgehead atoms. The van der Waals surface area contributed by atoms with Crippen LogP contribution in [0, 0.1) is 0 Å². The van der Waals surface area contributed by atoms with E-state index in [1.54, 1.807) is 11.0 Å². The van der Waals surface area contributed by atoms with Crippen LogP contribution in [-0.2, 0) is 24.0 Å². The maximum atomic E-state index is 13.7. The van der Waals surface area contributed by atoms with E-state index in [1.165, 1.54) is 13.5 Å². The van der Waals surface area contributed by atoms with E-state index in [-0.39, 0.29) is 11.9 Å². The third-order valence-corrected chi connectivity index (χ3v) is 6.27. The van der Waals surface area contributed by atoms with Crippen LogP contribution in [0.2, 0.25) is 0 Å². The number of hydrogen-bond donors (Lipinski definition) is 0. The number of hydrogen-bond acceptors (Lipinski definition) is 4. The summed E-state index contributed by atoms with van der Waals surface area (Å²) in [5.74, 6) is -0.420. The molecular formula is C25H25N3O3. The number of methoxy groups -OCH3 is 1. The van der Waals surface area contributed by atoms with Gasteiger partial charge in [0.2, 0.25) is 0 Å². The molecule has 158 valence electrons. The Kier molecular flexibility index (Phi) is 5.06. The molecule has 5 rings (SSSR count). The van der Waals surface area contributed by atoms with E-state index in [0.717, 1.165) is 53.9 Å². The molecule has 2 heterocycles. The normalized spacial score (nSPS) is 15.2. The molecule has 1 aliphatic heterocycles. The number of para-hydroxylation sites is 1. The van der Waals surface area contributed by atoms with Gasteiger partial charge in [-0.1, -0.05) is 24.6 Å². The summed E-state index contributed by atoms with van der Waals surface area (Å²) in [6.45, 7) is 0.589. The predicted octanol–water partition coefficient (Wildman–Crippen LogP) is 4.13. The Morgan fingerprint density at radius 2 is 1.77 bits per heavy atom. The first-order valence-corrected chi connectivity index (χ1v) is 10.9. The van der Waals surface area contributed by atoms with Crippen molar-refractivity contribution in [2.75, 3.05) is 18.6 Å². The molecule has 0 saturated carbocycles. The number of carbonyl (C=O) groups is 2. The van der Waals surface area contributed by atoms with Crippen LogP contribution in [0.15, 0.2) is 48.5 Å². The lowest BCUT2D eigenvalue weighted by atomic mass is 10.1. The molecule has 3 aromatic rings. The Morgan fingerprint density at radius 1 is 0.968 bits per heavy atom. The number of fused-ring (bicyclic) bond motifs is 2. The highest BCUT2D eigenvalue weighted by molar-refractivity contribution is 6.07. The van der Waals surface area contributed by atoms with Gasteiger partial charge in [0.25, 0.3) is 5.91 Å². The Bertz CT molecular complexity index is 1150. The van der Waals surface area contributed by atoms with Gasteiger partial charge in [0.1, 0.15) is 0 Å². The maximum Gasteiger partial charge on any atom is 0.337 e. The third-order valence-electron chi connectivity index (χ3n) is 6.27. The number of ether oxygens (including phenoxy) is 1. The molecule has 6 nitrogen and oxygen atoms in total. The highest BCUT2D eigenvalue weighted by Gasteiger charge is 2.32. The summed E-state index contributed by atoms with van der Waals surface area (Å²) in [6, 6.07) is 15.4. The number of amides is 1. The summed E-state index contributed by atoms with van der Waals surface area (Å²) in [5, 5.41) is 4.83. The molecule has 6 heteroatoms. The highest BCUT2D eigenvalue weighted by Crippen LogP contribution is 2.33. The Labute approximate surface area is 181 Å². The van der Waals surface area contributed by atoms with Crippen LogP contribution >= 0.6 is 0 Å². The maximum absolute atomic E-state index is 13.7. The molecule has 0 unspecified atom stereocenters. The SMILES string of the molecule is COC(=O)c1ccc2c(c1)CCN2C(=O)c1nn(-c2ccccc2)c2c1CCCCC2. The second kappa shape index (κ2) is 8.02. The van der Waals surface area contributed by atoms with Crippen molar-refractivity contribution in [2.24, 2.45) is 0 Å². The monoisotopic (exact) mass is 415 g/mol. The fourth-order valence-electron chi connectivity index (χ4n) is 4.72. The summed E-state index contributed by atoms with van der Waals surface area (Å²) >= 11 is 0. The van der Waals surface area contributed by atoms with Crippen molar-refractivity contribution in [2.45, 2.75) is 38.5 Å².